The Kier molecular flexibility index (Phi) is 7.19. The van der Waals surface area contributed by atoms with Crippen LogP contribution in [0.25, 0.3) is 0 Å². The molecule has 1 fully saturated rings. The van der Waals surface area contributed by atoms with Gasteiger partial charge in [0.15, 0.2) is 5.96 Å². The molecule has 1 aliphatic heterocycles. The van der Waals surface area contributed by atoms with Crippen molar-refractivity contribution in [1.82, 2.24) is 10.2 Å². The fourth-order valence-electron chi connectivity index (χ4n) is 3.12. The molecule has 0 saturated carbocycles. The van der Waals surface area contributed by atoms with Crippen molar-refractivity contribution in [1.29, 1.82) is 0 Å². The van der Waals surface area contributed by atoms with Crippen LogP contribution in [0.1, 0.15) is 19.3 Å². The highest BCUT2D eigenvalue weighted by atomic mass is 16.6. The highest BCUT2D eigenvalue weighted by molar-refractivity contribution is 5.80. The topological polar surface area (TPSA) is 126 Å². The Balaban J connectivity index is 1.76. The summed E-state index contributed by atoms with van der Waals surface area (Å²) in [6, 6.07) is 6.32. The number of nitro benzene ring substituents is 1. The first-order chi connectivity index (χ1) is 12.5. The Morgan fingerprint density at radius 1 is 1.38 bits per heavy atom. The molecule has 1 aliphatic rings. The molecule has 1 aromatic carbocycles. The molecule has 1 unspecified atom stereocenters. The lowest BCUT2D eigenvalue weighted by atomic mass is 9.95. The predicted molar refractivity (Wildman–Crippen MR) is 101 cm³/mol. The molecule has 2 rings (SSSR count). The molecule has 142 valence electrons. The van der Waals surface area contributed by atoms with E-state index in [-0.39, 0.29) is 17.5 Å². The molecular formula is C17H26N6O3. The van der Waals surface area contributed by atoms with Crippen molar-refractivity contribution in [3.8, 4) is 0 Å². The average Bonchev–Trinajstić information content (AvgIpc) is 2.62. The van der Waals surface area contributed by atoms with E-state index in [2.05, 4.69) is 20.5 Å². The Bertz CT molecular complexity index is 646. The summed E-state index contributed by atoms with van der Waals surface area (Å²) >= 11 is 0. The van der Waals surface area contributed by atoms with Gasteiger partial charge in [-0.05, 0) is 30.9 Å². The number of rotatable bonds is 7. The van der Waals surface area contributed by atoms with E-state index < -0.39 is 4.92 Å². The Morgan fingerprint density at radius 3 is 2.73 bits per heavy atom. The van der Waals surface area contributed by atoms with Crippen LogP contribution in [-0.4, -0.2) is 54.9 Å². The Hall–Kier alpha value is -2.84. The van der Waals surface area contributed by atoms with Crippen molar-refractivity contribution < 1.29 is 9.72 Å². The number of hydrogen-bond donors (Lipinski definition) is 3. The summed E-state index contributed by atoms with van der Waals surface area (Å²) in [6.45, 7) is 2.99. The number of primary amides is 1. The number of aliphatic imine (C=N–C) groups is 1. The molecular weight excluding hydrogens is 336 g/mol. The second kappa shape index (κ2) is 9.59. The van der Waals surface area contributed by atoms with Crippen LogP contribution >= 0.6 is 0 Å². The maximum absolute atomic E-state index is 11.1. The van der Waals surface area contributed by atoms with Crippen LogP contribution in [0.3, 0.4) is 0 Å². The number of non-ortho nitro benzene ring substituents is 1. The number of amides is 1. The van der Waals surface area contributed by atoms with E-state index in [1.807, 2.05) is 0 Å². The molecule has 0 radical (unpaired) electrons. The number of carbonyl (C=O) groups excluding carboxylic acids is 1. The number of benzene rings is 1. The van der Waals surface area contributed by atoms with E-state index in [0.29, 0.717) is 19.5 Å². The summed E-state index contributed by atoms with van der Waals surface area (Å²) in [4.78, 5) is 27.8. The van der Waals surface area contributed by atoms with Gasteiger partial charge in [0, 0.05) is 57.5 Å². The summed E-state index contributed by atoms with van der Waals surface area (Å²) in [5.74, 6) is 0.829. The third-order valence-electron chi connectivity index (χ3n) is 4.34. The van der Waals surface area contributed by atoms with Crippen LogP contribution in [0, 0.1) is 16.0 Å². The van der Waals surface area contributed by atoms with Crippen molar-refractivity contribution in [2.24, 2.45) is 16.6 Å². The number of nitro groups is 1. The SMILES string of the molecule is CN=C(NCCNc1ccc([N+](=O)[O-])cc1)N1CCCC(CC(N)=O)C1. The van der Waals surface area contributed by atoms with Crippen LogP contribution in [-0.2, 0) is 4.79 Å². The quantitative estimate of drug-likeness (QED) is 0.220. The summed E-state index contributed by atoms with van der Waals surface area (Å²) < 4.78 is 0. The monoisotopic (exact) mass is 362 g/mol. The Labute approximate surface area is 152 Å². The second-order valence-corrected chi connectivity index (χ2v) is 6.33. The van der Waals surface area contributed by atoms with Gasteiger partial charge in [-0.15, -0.1) is 0 Å². The number of guanidine groups is 1. The molecule has 4 N–H and O–H groups in total. The summed E-state index contributed by atoms with van der Waals surface area (Å²) in [6.07, 6.45) is 2.44. The number of carbonyl (C=O) groups is 1. The van der Waals surface area contributed by atoms with E-state index >= 15 is 0 Å². The van der Waals surface area contributed by atoms with Crippen molar-refractivity contribution >= 4 is 23.2 Å². The molecule has 0 bridgehead atoms. The number of hydrogen-bond acceptors (Lipinski definition) is 5. The molecule has 26 heavy (non-hydrogen) atoms. The van der Waals surface area contributed by atoms with Crippen LogP contribution in [0.5, 0.6) is 0 Å². The van der Waals surface area contributed by atoms with Gasteiger partial charge in [0.2, 0.25) is 5.91 Å². The highest BCUT2D eigenvalue weighted by Crippen LogP contribution is 2.19. The number of piperidine rings is 1. The predicted octanol–water partition coefficient (Wildman–Crippen LogP) is 1.17. The fourth-order valence-corrected chi connectivity index (χ4v) is 3.12. The number of nitrogens with one attached hydrogen (secondary N) is 2. The van der Waals surface area contributed by atoms with Crippen molar-refractivity contribution in [2.45, 2.75) is 19.3 Å². The highest BCUT2D eigenvalue weighted by Gasteiger charge is 2.23. The summed E-state index contributed by atoms with van der Waals surface area (Å²) in [5, 5.41) is 17.2. The van der Waals surface area contributed by atoms with Gasteiger partial charge in [-0.2, -0.15) is 0 Å². The molecule has 9 heteroatoms. The molecule has 1 heterocycles. The lowest BCUT2D eigenvalue weighted by Crippen LogP contribution is -2.48. The number of nitrogens with two attached hydrogens (primary N) is 1. The number of anilines is 1. The smallest absolute Gasteiger partial charge is 0.269 e. The first-order valence-corrected chi connectivity index (χ1v) is 8.72. The maximum Gasteiger partial charge on any atom is 0.269 e. The number of likely N-dealkylation sites (tertiary alicyclic amines) is 1. The molecule has 0 aromatic heterocycles. The molecule has 1 atom stereocenters. The lowest BCUT2D eigenvalue weighted by molar-refractivity contribution is -0.384. The van der Waals surface area contributed by atoms with Crippen LogP contribution < -0.4 is 16.4 Å². The molecule has 1 saturated heterocycles. The zero-order chi connectivity index (χ0) is 18.9. The first kappa shape index (κ1) is 19.5. The average molecular weight is 362 g/mol. The van der Waals surface area contributed by atoms with Crippen LogP contribution in [0.4, 0.5) is 11.4 Å². The summed E-state index contributed by atoms with van der Waals surface area (Å²) in [5.41, 5.74) is 6.21. The zero-order valence-electron chi connectivity index (χ0n) is 15.0. The van der Waals surface area contributed by atoms with E-state index in [4.69, 9.17) is 5.73 Å². The third-order valence-corrected chi connectivity index (χ3v) is 4.34. The maximum atomic E-state index is 11.1. The van der Waals surface area contributed by atoms with E-state index in [0.717, 1.165) is 37.6 Å². The van der Waals surface area contributed by atoms with Gasteiger partial charge in [0.25, 0.3) is 5.69 Å². The van der Waals surface area contributed by atoms with E-state index in [1.165, 1.54) is 12.1 Å². The molecule has 0 spiro atoms. The molecule has 1 amide bonds. The normalized spacial score (nSPS) is 17.7. The first-order valence-electron chi connectivity index (χ1n) is 8.72. The van der Waals surface area contributed by atoms with Crippen LogP contribution in [0.2, 0.25) is 0 Å². The molecule has 1 aromatic rings. The third kappa shape index (κ3) is 5.91. The van der Waals surface area contributed by atoms with E-state index in [1.54, 1.807) is 19.2 Å². The second-order valence-electron chi connectivity index (χ2n) is 6.33. The van der Waals surface area contributed by atoms with Gasteiger partial charge >= 0.3 is 0 Å². The standard InChI is InChI=1S/C17H26N6O3/c1-19-17(22-10-2-3-13(12-22)11-16(18)24)21-9-8-20-14-4-6-15(7-5-14)23(25)26/h4-7,13,20H,2-3,8-12H2,1H3,(H2,18,24)(H,19,21). The largest absolute Gasteiger partial charge is 0.383 e. The zero-order valence-corrected chi connectivity index (χ0v) is 15.0. The lowest BCUT2D eigenvalue weighted by Gasteiger charge is -2.34. The van der Waals surface area contributed by atoms with Gasteiger partial charge in [-0.25, -0.2) is 0 Å². The van der Waals surface area contributed by atoms with E-state index in [9.17, 15) is 14.9 Å². The minimum atomic E-state index is -0.417. The number of nitrogens with zero attached hydrogens (tertiary/aromatic N) is 3. The van der Waals surface area contributed by atoms with Gasteiger partial charge < -0.3 is 21.3 Å². The minimum Gasteiger partial charge on any atom is -0.383 e. The molecule has 0 aliphatic carbocycles. The van der Waals surface area contributed by atoms with Gasteiger partial charge in [0.1, 0.15) is 0 Å². The van der Waals surface area contributed by atoms with Crippen molar-refractivity contribution in [2.75, 3.05) is 38.5 Å². The molecule has 9 nitrogen and oxygen atoms in total. The van der Waals surface area contributed by atoms with Gasteiger partial charge in [-0.1, -0.05) is 0 Å². The van der Waals surface area contributed by atoms with Crippen molar-refractivity contribution in [3.63, 3.8) is 0 Å². The summed E-state index contributed by atoms with van der Waals surface area (Å²) in [7, 11) is 1.74. The van der Waals surface area contributed by atoms with Gasteiger partial charge in [0.05, 0.1) is 4.92 Å². The van der Waals surface area contributed by atoms with Crippen molar-refractivity contribution in [3.05, 3.63) is 34.4 Å². The van der Waals surface area contributed by atoms with Crippen LogP contribution in [0.15, 0.2) is 29.3 Å². The van der Waals surface area contributed by atoms with Gasteiger partial charge in [-0.3, -0.25) is 19.9 Å². The minimum absolute atomic E-state index is 0.0738. The Morgan fingerprint density at radius 2 is 2.12 bits per heavy atom. The fraction of sp³-hybridized carbons (Fsp3) is 0.529.